The topological polar surface area (TPSA) is 35.6 Å². The summed E-state index contributed by atoms with van der Waals surface area (Å²) in [7, 11) is 4.10. The van der Waals surface area contributed by atoms with Gasteiger partial charge in [-0.2, -0.15) is 0 Å². The molecule has 1 aromatic rings. The Balaban J connectivity index is 2.11. The van der Waals surface area contributed by atoms with Crippen LogP contribution in [0.2, 0.25) is 0 Å². The first kappa shape index (κ1) is 15.8. The van der Waals surface area contributed by atoms with Crippen molar-refractivity contribution in [3.63, 3.8) is 0 Å². The predicted molar refractivity (Wildman–Crippen MR) is 87.6 cm³/mol. The van der Waals surface area contributed by atoms with Crippen LogP contribution in [0.5, 0.6) is 0 Å². The molecule has 0 aliphatic carbocycles. The van der Waals surface area contributed by atoms with Crippen LogP contribution in [0.15, 0.2) is 24.3 Å². The third kappa shape index (κ3) is 4.21. The van der Waals surface area contributed by atoms with E-state index in [4.69, 9.17) is 0 Å². The van der Waals surface area contributed by atoms with Crippen molar-refractivity contribution in [2.24, 2.45) is 0 Å². The zero-order valence-corrected chi connectivity index (χ0v) is 13.4. The minimum atomic E-state index is 0.129. The van der Waals surface area contributed by atoms with E-state index in [9.17, 15) is 4.79 Å². The summed E-state index contributed by atoms with van der Waals surface area (Å²) in [4.78, 5) is 16.2. The molecule has 0 unspecified atom stereocenters. The molecule has 4 nitrogen and oxygen atoms in total. The third-order valence-corrected chi connectivity index (χ3v) is 4.19. The summed E-state index contributed by atoms with van der Waals surface area (Å²) >= 11 is 0. The van der Waals surface area contributed by atoms with Crippen LogP contribution >= 0.6 is 0 Å². The molecular weight excluding hydrogens is 262 g/mol. The molecule has 1 atom stereocenters. The molecule has 0 aromatic heterocycles. The lowest BCUT2D eigenvalue weighted by Crippen LogP contribution is -2.36. The van der Waals surface area contributed by atoms with Crippen LogP contribution in [0.1, 0.15) is 37.8 Å². The van der Waals surface area contributed by atoms with Gasteiger partial charge in [0.05, 0.1) is 6.04 Å². The summed E-state index contributed by atoms with van der Waals surface area (Å²) < 4.78 is 0. The maximum absolute atomic E-state index is 11.6. The van der Waals surface area contributed by atoms with Gasteiger partial charge in [0, 0.05) is 32.7 Å². The summed E-state index contributed by atoms with van der Waals surface area (Å²) in [5.74, 6) is 0.129. The number of rotatable bonds is 6. The number of hydrogen-bond acceptors (Lipinski definition) is 3. The Labute approximate surface area is 128 Å². The van der Waals surface area contributed by atoms with E-state index in [-0.39, 0.29) is 5.91 Å². The lowest BCUT2D eigenvalue weighted by Gasteiger charge is -2.28. The van der Waals surface area contributed by atoms with E-state index in [0.717, 1.165) is 13.1 Å². The zero-order chi connectivity index (χ0) is 15.2. The fourth-order valence-electron chi connectivity index (χ4n) is 2.84. The summed E-state index contributed by atoms with van der Waals surface area (Å²) in [6.45, 7) is 4.85. The number of nitrogens with zero attached hydrogens (tertiary/aromatic N) is 2. The van der Waals surface area contributed by atoms with Crippen LogP contribution < -0.4 is 10.2 Å². The SMILES string of the molecule is CCC(=O)NC[C@H](c1ccc(N(C)C)cc1)N1CCCC1. The maximum Gasteiger partial charge on any atom is 0.219 e. The van der Waals surface area contributed by atoms with Crippen molar-refractivity contribution in [2.45, 2.75) is 32.2 Å². The van der Waals surface area contributed by atoms with Crippen molar-refractivity contribution >= 4 is 11.6 Å². The predicted octanol–water partition coefficient (Wildman–Crippen LogP) is 2.42. The van der Waals surface area contributed by atoms with Gasteiger partial charge in [-0.1, -0.05) is 19.1 Å². The first-order valence-corrected chi connectivity index (χ1v) is 7.90. The third-order valence-electron chi connectivity index (χ3n) is 4.19. The van der Waals surface area contributed by atoms with Crippen LogP contribution in [-0.4, -0.2) is 44.5 Å². The van der Waals surface area contributed by atoms with E-state index < -0.39 is 0 Å². The number of carbonyl (C=O) groups is 1. The van der Waals surface area contributed by atoms with E-state index in [2.05, 4.69) is 53.5 Å². The Morgan fingerprint density at radius 1 is 1.24 bits per heavy atom. The molecule has 1 N–H and O–H groups in total. The molecule has 4 heteroatoms. The molecule has 1 heterocycles. The molecule has 1 aromatic carbocycles. The largest absolute Gasteiger partial charge is 0.378 e. The molecule has 1 aliphatic heterocycles. The summed E-state index contributed by atoms with van der Waals surface area (Å²) in [6, 6.07) is 8.98. The second-order valence-electron chi connectivity index (χ2n) is 5.90. The van der Waals surface area contributed by atoms with Gasteiger partial charge in [-0.05, 0) is 43.6 Å². The van der Waals surface area contributed by atoms with Gasteiger partial charge in [-0.3, -0.25) is 9.69 Å². The van der Waals surface area contributed by atoms with Gasteiger partial charge in [0.2, 0.25) is 5.91 Å². The second kappa shape index (κ2) is 7.46. The van der Waals surface area contributed by atoms with Crippen molar-refractivity contribution in [3.8, 4) is 0 Å². The number of benzene rings is 1. The lowest BCUT2D eigenvalue weighted by atomic mass is 10.0. The molecule has 0 saturated carbocycles. The van der Waals surface area contributed by atoms with Gasteiger partial charge < -0.3 is 10.2 Å². The van der Waals surface area contributed by atoms with Crippen LogP contribution in [0.4, 0.5) is 5.69 Å². The Kier molecular flexibility index (Phi) is 5.62. The van der Waals surface area contributed by atoms with Gasteiger partial charge in [-0.15, -0.1) is 0 Å². The van der Waals surface area contributed by atoms with Crippen molar-refractivity contribution in [2.75, 3.05) is 38.6 Å². The van der Waals surface area contributed by atoms with Gasteiger partial charge in [-0.25, -0.2) is 0 Å². The first-order valence-electron chi connectivity index (χ1n) is 7.90. The lowest BCUT2D eigenvalue weighted by molar-refractivity contribution is -0.121. The molecule has 0 bridgehead atoms. The quantitative estimate of drug-likeness (QED) is 0.873. The van der Waals surface area contributed by atoms with Crippen molar-refractivity contribution in [3.05, 3.63) is 29.8 Å². The summed E-state index contributed by atoms with van der Waals surface area (Å²) in [6.07, 6.45) is 3.06. The Morgan fingerprint density at radius 2 is 1.86 bits per heavy atom. The molecule has 1 saturated heterocycles. The average molecular weight is 289 g/mol. The van der Waals surface area contributed by atoms with Gasteiger partial charge in [0.25, 0.3) is 0 Å². The Bertz CT molecular complexity index is 450. The number of nitrogens with one attached hydrogen (secondary N) is 1. The molecule has 1 aliphatic rings. The van der Waals surface area contributed by atoms with Gasteiger partial charge >= 0.3 is 0 Å². The number of likely N-dealkylation sites (tertiary alicyclic amines) is 1. The van der Waals surface area contributed by atoms with E-state index >= 15 is 0 Å². The average Bonchev–Trinajstić information content (AvgIpc) is 3.01. The molecule has 0 radical (unpaired) electrons. The number of amides is 1. The zero-order valence-electron chi connectivity index (χ0n) is 13.4. The fraction of sp³-hybridized carbons (Fsp3) is 0.588. The normalized spacial score (nSPS) is 16.7. The highest BCUT2D eigenvalue weighted by Gasteiger charge is 2.23. The highest BCUT2D eigenvalue weighted by molar-refractivity contribution is 5.75. The molecule has 116 valence electrons. The van der Waals surface area contributed by atoms with Crippen LogP contribution in [-0.2, 0) is 4.79 Å². The highest BCUT2D eigenvalue weighted by Crippen LogP contribution is 2.26. The molecule has 2 rings (SSSR count). The molecule has 21 heavy (non-hydrogen) atoms. The smallest absolute Gasteiger partial charge is 0.219 e. The highest BCUT2D eigenvalue weighted by atomic mass is 16.1. The summed E-state index contributed by atoms with van der Waals surface area (Å²) in [5.41, 5.74) is 2.50. The molecular formula is C17H27N3O. The van der Waals surface area contributed by atoms with Crippen molar-refractivity contribution in [1.82, 2.24) is 10.2 Å². The van der Waals surface area contributed by atoms with Crippen molar-refractivity contribution in [1.29, 1.82) is 0 Å². The van der Waals surface area contributed by atoms with E-state index in [1.54, 1.807) is 0 Å². The van der Waals surface area contributed by atoms with Crippen molar-refractivity contribution < 1.29 is 4.79 Å². The van der Waals surface area contributed by atoms with E-state index in [1.165, 1.54) is 24.1 Å². The second-order valence-corrected chi connectivity index (χ2v) is 5.90. The maximum atomic E-state index is 11.6. The number of anilines is 1. The van der Waals surface area contributed by atoms with Crippen LogP contribution in [0, 0.1) is 0 Å². The number of hydrogen-bond donors (Lipinski definition) is 1. The Morgan fingerprint density at radius 3 is 2.38 bits per heavy atom. The van der Waals surface area contributed by atoms with Gasteiger partial charge in [0.15, 0.2) is 0 Å². The van der Waals surface area contributed by atoms with Crippen LogP contribution in [0.25, 0.3) is 0 Å². The minimum Gasteiger partial charge on any atom is -0.378 e. The van der Waals surface area contributed by atoms with Crippen LogP contribution in [0.3, 0.4) is 0 Å². The Hall–Kier alpha value is -1.55. The monoisotopic (exact) mass is 289 g/mol. The van der Waals surface area contributed by atoms with E-state index in [1.807, 2.05) is 6.92 Å². The first-order chi connectivity index (χ1) is 10.1. The standard InChI is InChI=1S/C17H27N3O/c1-4-17(21)18-13-16(20-11-5-6-12-20)14-7-9-15(10-8-14)19(2)3/h7-10,16H,4-6,11-13H2,1-3H3,(H,18,21)/t16-/m1/s1. The minimum absolute atomic E-state index is 0.129. The van der Waals surface area contributed by atoms with E-state index in [0.29, 0.717) is 19.0 Å². The molecule has 0 spiro atoms. The molecule has 1 fully saturated rings. The fourth-order valence-corrected chi connectivity index (χ4v) is 2.84. The summed E-state index contributed by atoms with van der Waals surface area (Å²) in [5, 5.41) is 3.05. The number of carbonyl (C=O) groups excluding carboxylic acids is 1. The molecule has 1 amide bonds. The van der Waals surface area contributed by atoms with Gasteiger partial charge in [0.1, 0.15) is 0 Å².